The Balaban J connectivity index is 2.39. The molecule has 0 saturated carbocycles. The van der Waals surface area contributed by atoms with Crippen LogP contribution in [0.3, 0.4) is 0 Å². The monoisotopic (exact) mass is 240 g/mol. The summed E-state index contributed by atoms with van der Waals surface area (Å²) in [4.78, 5) is 2.18. The molecule has 4 heteroatoms. The number of likely N-dealkylation sites (tertiary alicyclic amines) is 1. The minimum atomic E-state index is -0.511. The van der Waals surface area contributed by atoms with Crippen LogP contribution < -0.4 is 5.32 Å². The van der Waals surface area contributed by atoms with E-state index in [2.05, 4.69) is 10.2 Å². The van der Waals surface area contributed by atoms with Crippen molar-refractivity contribution in [2.24, 2.45) is 0 Å². The Bertz CT molecular complexity index is 388. The van der Waals surface area contributed by atoms with Crippen molar-refractivity contribution in [1.82, 2.24) is 10.2 Å². The number of nitrogens with one attached hydrogen (secondary N) is 1. The van der Waals surface area contributed by atoms with E-state index in [-0.39, 0.29) is 5.54 Å². The molecule has 1 atom stereocenters. The second-order valence-corrected chi connectivity index (χ2v) is 4.83. The molecule has 0 aromatic heterocycles. The molecule has 1 unspecified atom stereocenters. The largest absolute Gasteiger partial charge is 0.309 e. The number of nitrogens with zero attached hydrogens (tertiary/aromatic N) is 1. The summed E-state index contributed by atoms with van der Waals surface area (Å²) in [6, 6.07) is 3.77. The summed E-state index contributed by atoms with van der Waals surface area (Å²) < 4.78 is 26.6. The number of hydrogen-bond acceptors (Lipinski definition) is 2. The van der Waals surface area contributed by atoms with Crippen LogP contribution >= 0.6 is 0 Å². The van der Waals surface area contributed by atoms with Crippen molar-refractivity contribution < 1.29 is 8.78 Å². The first-order valence-corrected chi connectivity index (χ1v) is 5.90. The zero-order chi connectivity index (χ0) is 12.5. The highest BCUT2D eigenvalue weighted by Gasteiger charge is 2.35. The molecule has 94 valence electrons. The Kier molecular flexibility index (Phi) is 3.45. The number of rotatable bonds is 2. The van der Waals surface area contributed by atoms with Crippen LogP contribution in [-0.2, 0) is 5.54 Å². The lowest BCUT2D eigenvalue weighted by atomic mass is 9.82. The summed E-state index contributed by atoms with van der Waals surface area (Å²) in [5.41, 5.74) is 0.361. The van der Waals surface area contributed by atoms with Gasteiger partial charge in [0.25, 0.3) is 0 Å². The molecule has 0 aliphatic carbocycles. The molecule has 2 rings (SSSR count). The van der Waals surface area contributed by atoms with E-state index in [1.165, 1.54) is 12.1 Å². The Morgan fingerprint density at radius 2 is 1.88 bits per heavy atom. The maximum Gasteiger partial charge on any atom is 0.126 e. The Labute approximate surface area is 101 Å². The summed E-state index contributed by atoms with van der Waals surface area (Å²) in [7, 11) is 3.88. The second kappa shape index (κ2) is 4.70. The van der Waals surface area contributed by atoms with Gasteiger partial charge in [-0.1, -0.05) is 0 Å². The first kappa shape index (κ1) is 12.5. The van der Waals surface area contributed by atoms with E-state index in [9.17, 15) is 8.78 Å². The highest BCUT2D eigenvalue weighted by atomic mass is 19.1. The molecule has 1 aromatic carbocycles. The van der Waals surface area contributed by atoms with E-state index in [1.54, 1.807) is 0 Å². The highest BCUT2D eigenvalue weighted by Crippen LogP contribution is 2.31. The molecule has 17 heavy (non-hydrogen) atoms. The SMILES string of the molecule is CNC1(c2cc(F)cc(F)c2)CCCN(C)C1. The average molecular weight is 240 g/mol. The number of likely N-dealkylation sites (N-methyl/N-ethyl adjacent to an activating group) is 2. The van der Waals surface area contributed by atoms with Crippen LogP contribution in [0.2, 0.25) is 0 Å². The molecule has 0 spiro atoms. The lowest BCUT2D eigenvalue weighted by Gasteiger charge is -2.42. The summed E-state index contributed by atoms with van der Waals surface area (Å²) in [6.07, 6.45) is 1.92. The van der Waals surface area contributed by atoms with Crippen molar-refractivity contribution in [3.05, 3.63) is 35.4 Å². The fourth-order valence-electron chi connectivity index (χ4n) is 2.68. The van der Waals surface area contributed by atoms with E-state index in [0.717, 1.165) is 32.0 Å². The normalized spacial score (nSPS) is 26.1. The van der Waals surface area contributed by atoms with Crippen LogP contribution in [0.4, 0.5) is 8.78 Å². The van der Waals surface area contributed by atoms with Crippen LogP contribution in [0.15, 0.2) is 18.2 Å². The minimum absolute atomic E-state index is 0.337. The zero-order valence-electron chi connectivity index (χ0n) is 10.3. The molecule has 1 saturated heterocycles. The molecule has 1 heterocycles. The van der Waals surface area contributed by atoms with E-state index in [0.29, 0.717) is 5.56 Å². The van der Waals surface area contributed by atoms with Gasteiger partial charge in [-0.3, -0.25) is 0 Å². The number of hydrogen-bond donors (Lipinski definition) is 1. The molecule has 0 amide bonds. The van der Waals surface area contributed by atoms with Crippen LogP contribution in [0.25, 0.3) is 0 Å². The summed E-state index contributed by atoms with van der Waals surface area (Å²) in [5.74, 6) is -1.02. The molecule has 1 fully saturated rings. The molecule has 1 aliphatic heterocycles. The molecule has 0 bridgehead atoms. The molecular formula is C13H18F2N2. The van der Waals surface area contributed by atoms with E-state index < -0.39 is 11.6 Å². The zero-order valence-corrected chi connectivity index (χ0v) is 10.3. The quantitative estimate of drug-likeness (QED) is 0.851. The van der Waals surface area contributed by atoms with Gasteiger partial charge in [0.2, 0.25) is 0 Å². The van der Waals surface area contributed by atoms with Crippen molar-refractivity contribution in [1.29, 1.82) is 0 Å². The van der Waals surface area contributed by atoms with Gasteiger partial charge >= 0.3 is 0 Å². The highest BCUT2D eigenvalue weighted by molar-refractivity contribution is 5.27. The van der Waals surface area contributed by atoms with Gasteiger partial charge in [-0.05, 0) is 51.2 Å². The van der Waals surface area contributed by atoms with Crippen LogP contribution in [0, 0.1) is 11.6 Å². The molecular weight excluding hydrogens is 222 g/mol. The van der Waals surface area contributed by atoms with Gasteiger partial charge in [-0.15, -0.1) is 0 Å². The average Bonchev–Trinajstić information content (AvgIpc) is 2.27. The van der Waals surface area contributed by atoms with Crippen LogP contribution in [-0.4, -0.2) is 32.1 Å². The number of benzene rings is 1. The van der Waals surface area contributed by atoms with Crippen molar-refractivity contribution >= 4 is 0 Å². The first-order chi connectivity index (χ1) is 8.05. The molecule has 1 N–H and O–H groups in total. The van der Waals surface area contributed by atoms with Crippen molar-refractivity contribution in [2.45, 2.75) is 18.4 Å². The molecule has 1 aromatic rings. The third-order valence-corrected chi connectivity index (χ3v) is 3.58. The molecule has 1 aliphatic rings. The lowest BCUT2D eigenvalue weighted by Crippen LogP contribution is -2.52. The van der Waals surface area contributed by atoms with Crippen molar-refractivity contribution in [2.75, 3.05) is 27.2 Å². The second-order valence-electron chi connectivity index (χ2n) is 4.83. The summed E-state index contributed by atoms with van der Waals surface area (Å²) in [5, 5.41) is 3.24. The standard InChI is InChI=1S/C13H18F2N2/c1-16-13(4-3-5-17(2)9-13)10-6-11(14)8-12(15)7-10/h6-8,16H,3-5,9H2,1-2H3. The number of piperidine rings is 1. The maximum atomic E-state index is 13.3. The predicted octanol–water partition coefficient (Wildman–Crippen LogP) is 2.11. The van der Waals surface area contributed by atoms with Gasteiger partial charge in [0.15, 0.2) is 0 Å². The van der Waals surface area contributed by atoms with E-state index in [1.807, 2.05) is 14.1 Å². The van der Waals surface area contributed by atoms with E-state index in [4.69, 9.17) is 0 Å². The van der Waals surface area contributed by atoms with E-state index >= 15 is 0 Å². The fraction of sp³-hybridized carbons (Fsp3) is 0.538. The van der Waals surface area contributed by atoms with Gasteiger partial charge in [0, 0.05) is 12.6 Å². The van der Waals surface area contributed by atoms with Gasteiger partial charge in [-0.25, -0.2) is 8.78 Å². The third kappa shape index (κ3) is 2.48. The fourth-order valence-corrected chi connectivity index (χ4v) is 2.68. The first-order valence-electron chi connectivity index (χ1n) is 5.90. The van der Waals surface area contributed by atoms with Gasteiger partial charge < -0.3 is 10.2 Å². The minimum Gasteiger partial charge on any atom is -0.309 e. The van der Waals surface area contributed by atoms with Crippen LogP contribution in [0.5, 0.6) is 0 Å². The Morgan fingerprint density at radius 3 is 2.41 bits per heavy atom. The Hall–Kier alpha value is -1.00. The maximum absolute atomic E-state index is 13.3. The van der Waals surface area contributed by atoms with Gasteiger partial charge in [0.05, 0.1) is 5.54 Å². The molecule has 2 nitrogen and oxygen atoms in total. The predicted molar refractivity (Wildman–Crippen MR) is 63.8 cm³/mol. The van der Waals surface area contributed by atoms with Gasteiger partial charge in [0.1, 0.15) is 11.6 Å². The molecule has 0 radical (unpaired) electrons. The van der Waals surface area contributed by atoms with Crippen molar-refractivity contribution in [3.63, 3.8) is 0 Å². The van der Waals surface area contributed by atoms with Gasteiger partial charge in [-0.2, -0.15) is 0 Å². The lowest BCUT2D eigenvalue weighted by molar-refractivity contribution is 0.151. The smallest absolute Gasteiger partial charge is 0.126 e. The number of halogens is 2. The third-order valence-electron chi connectivity index (χ3n) is 3.58. The topological polar surface area (TPSA) is 15.3 Å². The van der Waals surface area contributed by atoms with Crippen LogP contribution in [0.1, 0.15) is 18.4 Å². The summed E-state index contributed by atoms with van der Waals surface area (Å²) >= 11 is 0. The Morgan fingerprint density at radius 1 is 1.24 bits per heavy atom. The van der Waals surface area contributed by atoms with Crippen molar-refractivity contribution in [3.8, 4) is 0 Å². The summed E-state index contributed by atoms with van der Waals surface area (Å²) in [6.45, 7) is 1.80.